The highest BCUT2D eigenvalue weighted by molar-refractivity contribution is 6.06. The highest BCUT2D eigenvalue weighted by Gasteiger charge is 2.16. The van der Waals surface area contributed by atoms with Gasteiger partial charge in [0, 0.05) is 11.8 Å². The zero-order chi connectivity index (χ0) is 17.1. The summed E-state index contributed by atoms with van der Waals surface area (Å²) in [6.45, 7) is 0. The van der Waals surface area contributed by atoms with Gasteiger partial charge in [-0.25, -0.2) is 4.98 Å². The molecule has 2 aromatic carbocycles. The minimum atomic E-state index is -0.118. The van der Waals surface area contributed by atoms with Gasteiger partial charge in [0.15, 0.2) is 5.82 Å². The molecule has 3 heteroatoms. The Morgan fingerprint density at radius 2 is 1.52 bits per heavy atom. The lowest BCUT2D eigenvalue weighted by molar-refractivity contribution is 0.103. The van der Waals surface area contributed by atoms with Crippen molar-refractivity contribution in [3.05, 3.63) is 103 Å². The van der Waals surface area contributed by atoms with Crippen molar-refractivity contribution in [2.24, 2.45) is 0 Å². The highest BCUT2D eigenvalue weighted by atomic mass is 16.1. The molecule has 0 bridgehead atoms. The van der Waals surface area contributed by atoms with Crippen LogP contribution in [0.5, 0.6) is 0 Å². The van der Waals surface area contributed by atoms with Gasteiger partial charge in [0.1, 0.15) is 0 Å². The Balaban J connectivity index is 1.78. The van der Waals surface area contributed by atoms with Crippen molar-refractivity contribution in [3.63, 3.8) is 0 Å². The first-order valence-corrected chi connectivity index (χ1v) is 8.13. The molecule has 120 valence electrons. The molecule has 0 aliphatic heterocycles. The second-order valence-corrected chi connectivity index (χ2v) is 5.71. The molecule has 0 aliphatic rings. The van der Waals surface area contributed by atoms with E-state index in [1.54, 1.807) is 6.08 Å². The number of carbonyl (C=O) groups is 1. The molecule has 4 rings (SSSR count). The van der Waals surface area contributed by atoms with Gasteiger partial charge in [-0.3, -0.25) is 9.20 Å². The van der Waals surface area contributed by atoms with Crippen LogP contribution in [-0.4, -0.2) is 15.2 Å². The highest BCUT2D eigenvalue weighted by Crippen LogP contribution is 2.25. The van der Waals surface area contributed by atoms with E-state index in [9.17, 15) is 4.79 Å². The van der Waals surface area contributed by atoms with E-state index in [-0.39, 0.29) is 5.78 Å². The minimum Gasteiger partial charge on any atom is -0.296 e. The van der Waals surface area contributed by atoms with E-state index in [1.165, 1.54) is 0 Å². The van der Waals surface area contributed by atoms with Gasteiger partial charge in [-0.05, 0) is 23.8 Å². The largest absolute Gasteiger partial charge is 0.296 e. The van der Waals surface area contributed by atoms with Crippen LogP contribution in [0.4, 0.5) is 0 Å². The van der Waals surface area contributed by atoms with E-state index >= 15 is 0 Å². The number of ketones is 1. The van der Waals surface area contributed by atoms with Crippen molar-refractivity contribution >= 4 is 17.4 Å². The van der Waals surface area contributed by atoms with Crippen LogP contribution in [0, 0.1) is 0 Å². The van der Waals surface area contributed by atoms with Crippen molar-refractivity contribution in [2.75, 3.05) is 0 Å². The molecule has 0 saturated heterocycles. The van der Waals surface area contributed by atoms with Crippen LogP contribution < -0.4 is 0 Å². The Morgan fingerprint density at radius 3 is 2.28 bits per heavy atom. The predicted molar refractivity (Wildman–Crippen MR) is 100 cm³/mol. The number of carbonyl (C=O) groups excluding carboxylic acids is 1. The molecular weight excluding hydrogens is 308 g/mol. The number of aromatic nitrogens is 2. The maximum Gasteiger partial charge on any atom is 0.221 e. The van der Waals surface area contributed by atoms with Gasteiger partial charge < -0.3 is 0 Å². The number of hydrogen-bond acceptors (Lipinski definition) is 2. The van der Waals surface area contributed by atoms with Crippen molar-refractivity contribution < 1.29 is 4.79 Å². The lowest BCUT2D eigenvalue weighted by atomic mass is 10.1. The van der Waals surface area contributed by atoms with Gasteiger partial charge >= 0.3 is 0 Å². The number of hydrogen-bond donors (Lipinski definition) is 0. The Labute approximate surface area is 145 Å². The molecule has 0 amide bonds. The van der Waals surface area contributed by atoms with E-state index in [0.29, 0.717) is 5.82 Å². The zero-order valence-corrected chi connectivity index (χ0v) is 13.5. The van der Waals surface area contributed by atoms with E-state index in [2.05, 4.69) is 4.98 Å². The molecule has 0 radical (unpaired) electrons. The first-order valence-electron chi connectivity index (χ1n) is 8.13. The normalized spacial score (nSPS) is 11.2. The summed E-state index contributed by atoms with van der Waals surface area (Å²) in [4.78, 5) is 17.3. The topological polar surface area (TPSA) is 34.4 Å². The third-order valence-corrected chi connectivity index (χ3v) is 4.04. The van der Waals surface area contributed by atoms with Crippen molar-refractivity contribution in [1.82, 2.24) is 9.38 Å². The van der Waals surface area contributed by atoms with Crippen LogP contribution >= 0.6 is 0 Å². The lowest BCUT2D eigenvalue weighted by Gasteiger charge is -1.98. The van der Waals surface area contributed by atoms with Crippen LogP contribution in [0.25, 0.3) is 22.9 Å². The molecule has 0 N–H and O–H groups in total. The van der Waals surface area contributed by atoms with E-state index in [0.717, 1.165) is 22.3 Å². The number of nitrogens with zero attached hydrogens (tertiary/aromatic N) is 2. The first kappa shape index (κ1) is 15.1. The fraction of sp³-hybridized carbons (Fsp3) is 0. The molecule has 0 atom stereocenters. The number of imidazole rings is 1. The summed E-state index contributed by atoms with van der Waals surface area (Å²) < 4.78 is 1.85. The molecule has 4 aromatic rings. The third-order valence-electron chi connectivity index (χ3n) is 4.04. The molecule has 0 aliphatic carbocycles. The second kappa shape index (κ2) is 6.57. The Bertz CT molecular complexity index is 1050. The summed E-state index contributed by atoms with van der Waals surface area (Å²) in [5.74, 6) is 0.300. The average molecular weight is 324 g/mol. The summed E-state index contributed by atoms with van der Waals surface area (Å²) in [5, 5.41) is 0. The number of allylic oxidation sites excluding steroid dienone is 1. The minimum absolute atomic E-state index is 0.118. The summed E-state index contributed by atoms with van der Waals surface area (Å²) in [5.41, 5.74) is 3.72. The summed E-state index contributed by atoms with van der Waals surface area (Å²) in [7, 11) is 0. The predicted octanol–water partition coefficient (Wildman–Crippen LogP) is 4.90. The molecule has 0 spiro atoms. The summed E-state index contributed by atoms with van der Waals surface area (Å²) >= 11 is 0. The fourth-order valence-electron chi connectivity index (χ4n) is 2.83. The van der Waals surface area contributed by atoms with Gasteiger partial charge in [-0.2, -0.15) is 0 Å². The fourth-order valence-corrected chi connectivity index (χ4v) is 2.83. The van der Waals surface area contributed by atoms with Gasteiger partial charge in [0.25, 0.3) is 0 Å². The second-order valence-electron chi connectivity index (χ2n) is 5.71. The number of benzene rings is 2. The third kappa shape index (κ3) is 3.00. The molecule has 25 heavy (non-hydrogen) atoms. The molecule has 0 saturated carbocycles. The zero-order valence-electron chi connectivity index (χ0n) is 13.5. The van der Waals surface area contributed by atoms with Crippen LogP contribution in [0.2, 0.25) is 0 Å². The maximum atomic E-state index is 12.7. The van der Waals surface area contributed by atoms with Crippen molar-refractivity contribution in [1.29, 1.82) is 0 Å². The number of fused-ring (bicyclic) bond motifs is 1. The molecule has 2 aromatic heterocycles. The molecular formula is C22H16N2O. The average Bonchev–Trinajstić information content (AvgIpc) is 3.07. The van der Waals surface area contributed by atoms with Gasteiger partial charge in [0.05, 0.1) is 11.2 Å². The molecule has 3 nitrogen and oxygen atoms in total. The number of rotatable bonds is 4. The Kier molecular flexibility index (Phi) is 3.97. The standard InChI is InChI=1S/C22H16N2O/c25-20(15-14-17-9-3-1-4-10-17)22-23-21(18-11-5-2-6-12-18)19-13-7-8-16-24(19)22/h1-16H/b15-14+. The van der Waals surface area contributed by atoms with Gasteiger partial charge in [0.2, 0.25) is 5.78 Å². The van der Waals surface area contributed by atoms with Crippen LogP contribution in [0.1, 0.15) is 16.2 Å². The summed E-state index contributed by atoms with van der Waals surface area (Å²) in [6.07, 6.45) is 5.26. The van der Waals surface area contributed by atoms with Crippen LogP contribution in [0.3, 0.4) is 0 Å². The Hall–Kier alpha value is -3.46. The van der Waals surface area contributed by atoms with E-state index < -0.39 is 0 Å². The van der Waals surface area contributed by atoms with E-state index in [1.807, 2.05) is 95.5 Å². The smallest absolute Gasteiger partial charge is 0.221 e. The van der Waals surface area contributed by atoms with Gasteiger partial charge in [-0.15, -0.1) is 0 Å². The molecule has 0 fully saturated rings. The first-order chi connectivity index (χ1) is 12.3. The molecule has 2 heterocycles. The van der Waals surface area contributed by atoms with E-state index in [4.69, 9.17) is 0 Å². The van der Waals surface area contributed by atoms with Crippen molar-refractivity contribution in [2.45, 2.75) is 0 Å². The van der Waals surface area contributed by atoms with Gasteiger partial charge in [-0.1, -0.05) is 72.8 Å². The quantitative estimate of drug-likeness (QED) is 0.395. The molecule has 0 unspecified atom stereocenters. The lowest BCUT2D eigenvalue weighted by Crippen LogP contribution is -2.01. The van der Waals surface area contributed by atoms with Crippen molar-refractivity contribution in [3.8, 4) is 11.3 Å². The van der Waals surface area contributed by atoms with Crippen LogP contribution in [-0.2, 0) is 0 Å². The maximum absolute atomic E-state index is 12.7. The Morgan fingerprint density at radius 1 is 0.840 bits per heavy atom. The SMILES string of the molecule is O=C(/C=C/c1ccccc1)c1nc(-c2ccccc2)c2ccccn12. The monoisotopic (exact) mass is 324 g/mol. The number of pyridine rings is 1. The van der Waals surface area contributed by atoms with Crippen LogP contribution in [0.15, 0.2) is 91.1 Å². The summed E-state index contributed by atoms with van der Waals surface area (Å²) in [6, 6.07) is 25.5.